The minimum absolute atomic E-state index is 0.271. The minimum atomic E-state index is -0.271. The Hall–Kier alpha value is -1.52. The highest BCUT2D eigenvalue weighted by Crippen LogP contribution is 2.11. The van der Waals surface area contributed by atoms with E-state index in [9.17, 15) is 4.79 Å². The summed E-state index contributed by atoms with van der Waals surface area (Å²) in [5.41, 5.74) is -0.271. The highest BCUT2D eigenvalue weighted by atomic mass is 16.1. The number of azo groups is 1. The van der Waals surface area contributed by atoms with E-state index in [1.54, 1.807) is 10.8 Å². The van der Waals surface area contributed by atoms with Crippen LogP contribution in [0.4, 0.5) is 5.95 Å². The van der Waals surface area contributed by atoms with Crippen molar-refractivity contribution < 1.29 is 0 Å². The second-order valence-electron chi connectivity index (χ2n) is 1.92. The first kappa shape index (κ1) is 5.28. The molecule has 2 heterocycles. The van der Waals surface area contributed by atoms with Crippen molar-refractivity contribution in [3.63, 3.8) is 0 Å². The van der Waals surface area contributed by atoms with E-state index in [4.69, 9.17) is 0 Å². The molecule has 5 heteroatoms. The van der Waals surface area contributed by atoms with E-state index in [-0.39, 0.29) is 5.56 Å². The third-order valence-electron chi connectivity index (χ3n) is 1.24. The Kier molecular flexibility index (Phi) is 0.913. The minimum Gasteiger partial charge on any atom is -0.294 e. The van der Waals surface area contributed by atoms with E-state index in [0.29, 0.717) is 12.6 Å². The first-order chi connectivity index (χ1) is 4.86. The van der Waals surface area contributed by atoms with Crippen LogP contribution < -0.4 is 5.56 Å². The predicted octanol–water partition coefficient (Wildman–Crippen LogP) is 0.298. The summed E-state index contributed by atoms with van der Waals surface area (Å²) in [4.78, 5) is 14.2. The molecule has 1 aliphatic heterocycles. The largest absolute Gasteiger partial charge is 0.294 e. The van der Waals surface area contributed by atoms with Crippen LogP contribution in [0.2, 0.25) is 0 Å². The zero-order valence-electron chi connectivity index (χ0n) is 5.06. The van der Waals surface area contributed by atoms with Crippen molar-refractivity contribution in [1.82, 2.24) is 9.55 Å². The number of hydrogen-bond acceptors (Lipinski definition) is 4. The molecular weight excluding hydrogens is 132 g/mol. The van der Waals surface area contributed by atoms with Crippen molar-refractivity contribution in [3.8, 4) is 0 Å². The molecule has 0 aliphatic carbocycles. The van der Waals surface area contributed by atoms with Crippen molar-refractivity contribution in [3.05, 3.63) is 22.6 Å². The van der Waals surface area contributed by atoms with E-state index < -0.39 is 0 Å². The van der Waals surface area contributed by atoms with Crippen molar-refractivity contribution in [2.24, 2.45) is 10.2 Å². The molecule has 2 rings (SSSR count). The van der Waals surface area contributed by atoms with Crippen molar-refractivity contribution in [2.45, 2.75) is 6.67 Å². The maximum atomic E-state index is 10.6. The smallest absolute Gasteiger partial charge is 0.274 e. The molecule has 50 valence electrons. The predicted molar refractivity (Wildman–Crippen MR) is 33.0 cm³/mol. The Balaban J connectivity index is 2.71. The molecule has 0 saturated heterocycles. The van der Waals surface area contributed by atoms with Gasteiger partial charge in [0, 0.05) is 12.3 Å². The van der Waals surface area contributed by atoms with Crippen LogP contribution in [0.5, 0.6) is 0 Å². The van der Waals surface area contributed by atoms with Gasteiger partial charge in [0.25, 0.3) is 11.5 Å². The quantitative estimate of drug-likeness (QED) is 0.515. The van der Waals surface area contributed by atoms with Crippen LogP contribution >= 0.6 is 0 Å². The fourth-order valence-corrected chi connectivity index (χ4v) is 0.774. The van der Waals surface area contributed by atoms with Gasteiger partial charge in [-0.3, -0.25) is 9.36 Å². The molecule has 10 heavy (non-hydrogen) atoms. The molecule has 0 N–H and O–H groups in total. The first-order valence-corrected chi connectivity index (χ1v) is 2.81. The van der Waals surface area contributed by atoms with Crippen LogP contribution in [0.15, 0.2) is 27.3 Å². The number of aromatic nitrogens is 2. The van der Waals surface area contributed by atoms with Gasteiger partial charge in [0.15, 0.2) is 0 Å². The first-order valence-electron chi connectivity index (χ1n) is 2.81. The van der Waals surface area contributed by atoms with E-state index >= 15 is 0 Å². The van der Waals surface area contributed by atoms with E-state index in [0.717, 1.165) is 0 Å². The van der Waals surface area contributed by atoms with Crippen molar-refractivity contribution in [2.75, 3.05) is 0 Å². The van der Waals surface area contributed by atoms with Gasteiger partial charge < -0.3 is 0 Å². The molecule has 0 unspecified atom stereocenters. The number of fused-ring (bicyclic) bond motifs is 1. The number of hydrogen-bond donors (Lipinski definition) is 0. The lowest BCUT2D eigenvalue weighted by Gasteiger charge is -1.93. The van der Waals surface area contributed by atoms with Gasteiger partial charge in [-0.2, -0.15) is 10.1 Å². The number of nitrogens with zero attached hydrogens (tertiary/aromatic N) is 4. The Morgan fingerprint density at radius 1 is 1.60 bits per heavy atom. The lowest BCUT2D eigenvalue weighted by molar-refractivity contribution is 0.759. The Morgan fingerprint density at radius 2 is 2.50 bits per heavy atom. The average molecular weight is 136 g/mol. The lowest BCUT2D eigenvalue weighted by atomic mass is 10.6. The summed E-state index contributed by atoms with van der Waals surface area (Å²) in [6.45, 7) is 0.475. The summed E-state index contributed by atoms with van der Waals surface area (Å²) >= 11 is 0. The van der Waals surface area contributed by atoms with E-state index in [1.807, 2.05) is 0 Å². The summed E-state index contributed by atoms with van der Waals surface area (Å²) in [7, 11) is 0. The van der Waals surface area contributed by atoms with Crippen LogP contribution in [0, 0.1) is 0 Å². The van der Waals surface area contributed by atoms with Gasteiger partial charge in [-0.15, -0.1) is 5.11 Å². The molecule has 0 spiro atoms. The Bertz CT molecular complexity index is 340. The molecule has 0 amide bonds. The van der Waals surface area contributed by atoms with Gasteiger partial charge in [-0.05, 0) is 0 Å². The van der Waals surface area contributed by atoms with Gasteiger partial charge in [0.2, 0.25) is 0 Å². The van der Waals surface area contributed by atoms with Crippen LogP contribution in [0.25, 0.3) is 0 Å². The zero-order valence-corrected chi connectivity index (χ0v) is 5.06. The van der Waals surface area contributed by atoms with Gasteiger partial charge in [-0.1, -0.05) is 0 Å². The monoisotopic (exact) mass is 136 g/mol. The molecule has 0 saturated carbocycles. The normalized spacial score (nSPS) is 13.6. The Labute approximate surface area is 56.0 Å². The fraction of sp³-hybridized carbons (Fsp3) is 0.200. The molecular formula is C5H4N4O. The second-order valence-corrected chi connectivity index (χ2v) is 1.92. The third kappa shape index (κ3) is 0.637. The van der Waals surface area contributed by atoms with Gasteiger partial charge >= 0.3 is 0 Å². The van der Waals surface area contributed by atoms with E-state index in [2.05, 4.69) is 15.2 Å². The lowest BCUT2D eigenvalue weighted by Crippen LogP contribution is -2.06. The summed E-state index contributed by atoms with van der Waals surface area (Å²) in [6.07, 6.45) is 1.63. The SMILES string of the molecule is O=c1ccn2c(n1)N=NC2. The summed E-state index contributed by atoms with van der Waals surface area (Å²) in [6, 6.07) is 1.39. The van der Waals surface area contributed by atoms with Crippen molar-refractivity contribution >= 4 is 5.95 Å². The van der Waals surface area contributed by atoms with Crippen LogP contribution in [-0.2, 0) is 6.67 Å². The molecule has 1 aromatic heterocycles. The summed E-state index contributed by atoms with van der Waals surface area (Å²) < 4.78 is 1.70. The maximum Gasteiger partial charge on any atom is 0.274 e. The van der Waals surface area contributed by atoms with Crippen LogP contribution in [-0.4, -0.2) is 9.55 Å². The Morgan fingerprint density at radius 3 is 3.40 bits per heavy atom. The molecule has 0 atom stereocenters. The molecule has 1 aromatic rings. The average Bonchev–Trinajstić information content (AvgIpc) is 2.33. The van der Waals surface area contributed by atoms with Gasteiger partial charge in [-0.25, -0.2) is 0 Å². The topological polar surface area (TPSA) is 59.6 Å². The molecule has 0 bridgehead atoms. The molecule has 5 nitrogen and oxygen atoms in total. The third-order valence-corrected chi connectivity index (χ3v) is 1.24. The standard InChI is InChI=1S/C5H4N4O/c10-4-1-2-9-3-6-8-5(9)7-4/h1-2H,3H2. The summed E-state index contributed by atoms with van der Waals surface area (Å²) in [5.74, 6) is 0.396. The number of rotatable bonds is 0. The van der Waals surface area contributed by atoms with Crippen molar-refractivity contribution in [1.29, 1.82) is 0 Å². The van der Waals surface area contributed by atoms with E-state index in [1.165, 1.54) is 6.07 Å². The van der Waals surface area contributed by atoms with Crippen LogP contribution in [0.3, 0.4) is 0 Å². The molecule has 1 aliphatic rings. The molecule has 0 radical (unpaired) electrons. The zero-order chi connectivity index (χ0) is 6.97. The van der Waals surface area contributed by atoms with Gasteiger partial charge in [0.1, 0.15) is 6.67 Å². The second kappa shape index (κ2) is 1.73. The molecule has 0 fully saturated rings. The fourth-order valence-electron chi connectivity index (χ4n) is 0.774. The highest BCUT2D eigenvalue weighted by Gasteiger charge is 2.04. The van der Waals surface area contributed by atoms with Crippen LogP contribution in [0.1, 0.15) is 0 Å². The van der Waals surface area contributed by atoms with Gasteiger partial charge in [0.05, 0.1) is 0 Å². The maximum absolute atomic E-state index is 10.6. The summed E-state index contributed by atoms with van der Waals surface area (Å²) in [5, 5.41) is 7.32. The molecule has 0 aromatic carbocycles. The highest BCUT2D eigenvalue weighted by molar-refractivity contribution is 5.15.